The van der Waals surface area contributed by atoms with Crippen LogP contribution in [0, 0.1) is 11.8 Å². The molecule has 3 aromatic carbocycles. The molecule has 1 heterocycles. The van der Waals surface area contributed by atoms with E-state index in [1.807, 2.05) is 18.2 Å². The van der Waals surface area contributed by atoms with Crippen molar-refractivity contribution in [3.63, 3.8) is 0 Å². The fourth-order valence-electron chi connectivity index (χ4n) is 8.25. The Hall–Kier alpha value is -3.72. The molecular formula is C42H49NO2. The highest BCUT2D eigenvalue weighted by molar-refractivity contribution is 6.15. The first-order chi connectivity index (χ1) is 21.8. The van der Waals surface area contributed by atoms with Gasteiger partial charge in [0.25, 0.3) is 0 Å². The second-order valence-corrected chi connectivity index (χ2v) is 13.9. The summed E-state index contributed by atoms with van der Waals surface area (Å²) in [7, 11) is 0. The van der Waals surface area contributed by atoms with Crippen molar-refractivity contribution in [1.29, 1.82) is 0 Å². The number of benzene rings is 3. The third-order valence-electron chi connectivity index (χ3n) is 10.6. The summed E-state index contributed by atoms with van der Waals surface area (Å²) in [6.45, 7) is 11.9. The number of ketones is 2. The Morgan fingerprint density at radius 3 is 2.02 bits per heavy atom. The van der Waals surface area contributed by atoms with Crippen LogP contribution in [0.5, 0.6) is 0 Å². The molecule has 3 nitrogen and oxygen atoms in total. The monoisotopic (exact) mass is 599 g/mol. The highest BCUT2D eigenvalue weighted by atomic mass is 16.1. The number of carbonyl (C=O) groups excluding carboxylic acids is 2. The van der Waals surface area contributed by atoms with E-state index in [2.05, 4.69) is 99.9 Å². The SMILES string of the molecule is CCCCC1(CCCC)c2ccc(C(=O)c3ccc4c(c3)c3cc(C(=O)CCC(C)C)ccc3n4CC)cc2C2C=CC=CC21. The quantitative estimate of drug-likeness (QED) is 0.143. The van der Waals surface area contributed by atoms with Gasteiger partial charge in [-0.05, 0) is 91.6 Å². The molecule has 2 aliphatic rings. The lowest BCUT2D eigenvalue weighted by Gasteiger charge is -2.38. The Morgan fingerprint density at radius 2 is 1.38 bits per heavy atom. The number of aromatic nitrogens is 1. The van der Waals surface area contributed by atoms with Gasteiger partial charge in [0.1, 0.15) is 0 Å². The first kappa shape index (κ1) is 31.3. The van der Waals surface area contributed by atoms with Gasteiger partial charge in [0.2, 0.25) is 0 Å². The normalized spacial score (nSPS) is 18.2. The van der Waals surface area contributed by atoms with Crippen LogP contribution in [0.2, 0.25) is 0 Å². The number of hydrogen-bond donors (Lipinski definition) is 0. The molecule has 0 saturated carbocycles. The smallest absolute Gasteiger partial charge is 0.193 e. The second kappa shape index (κ2) is 12.9. The van der Waals surface area contributed by atoms with Crippen molar-refractivity contribution in [2.75, 3.05) is 0 Å². The molecule has 0 N–H and O–H groups in total. The number of hydrogen-bond acceptors (Lipinski definition) is 2. The number of allylic oxidation sites excluding steroid dienone is 4. The van der Waals surface area contributed by atoms with E-state index < -0.39 is 0 Å². The van der Waals surface area contributed by atoms with E-state index in [-0.39, 0.29) is 17.0 Å². The summed E-state index contributed by atoms with van der Waals surface area (Å²) in [6, 6.07) is 18.8. The zero-order chi connectivity index (χ0) is 31.7. The van der Waals surface area contributed by atoms with Crippen LogP contribution < -0.4 is 0 Å². The largest absolute Gasteiger partial charge is 0.341 e. The minimum atomic E-state index is 0.0627. The van der Waals surface area contributed by atoms with E-state index in [9.17, 15) is 9.59 Å². The fourth-order valence-corrected chi connectivity index (χ4v) is 8.25. The maximum Gasteiger partial charge on any atom is 0.193 e. The summed E-state index contributed by atoms with van der Waals surface area (Å²) in [5.41, 5.74) is 7.37. The van der Waals surface area contributed by atoms with Crippen molar-refractivity contribution in [1.82, 2.24) is 4.57 Å². The molecule has 0 amide bonds. The molecule has 0 spiro atoms. The minimum Gasteiger partial charge on any atom is -0.341 e. The lowest BCUT2D eigenvalue weighted by molar-refractivity contribution is 0.0974. The van der Waals surface area contributed by atoms with Crippen LogP contribution in [0.1, 0.15) is 129 Å². The van der Waals surface area contributed by atoms with Crippen LogP contribution in [0.3, 0.4) is 0 Å². The summed E-state index contributed by atoms with van der Waals surface area (Å²) in [4.78, 5) is 27.2. The van der Waals surface area contributed by atoms with Gasteiger partial charge < -0.3 is 4.57 Å². The highest BCUT2D eigenvalue weighted by Gasteiger charge is 2.49. The lowest BCUT2D eigenvalue weighted by Crippen LogP contribution is -2.32. The van der Waals surface area contributed by atoms with Crippen LogP contribution >= 0.6 is 0 Å². The fraction of sp³-hybridized carbons (Fsp3) is 0.429. The van der Waals surface area contributed by atoms with E-state index in [4.69, 9.17) is 0 Å². The summed E-state index contributed by atoms with van der Waals surface area (Å²) in [5, 5.41) is 2.08. The average molecular weight is 600 g/mol. The highest BCUT2D eigenvalue weighted by Crippen LogP contribution is 2.57. The number of aryl methyl sites for hydroxylation is 1. The molecule has 3 heteroatoms. The van der Waals surface area contributed by atoms with Gasteiger partial charge in [-0.1, -0.05) is 89.8 Å². The molecule has 0 aliphatic heterocycles. The number of unbranched alkanes of at least 4 members (excludes halogenated alkanes) is 2. The van der Waals surface area contributed by atoms with E-state index in [1.165, 1.54) is 49.7 Å². The Labute approximate surface area is 269 Å². The van der Waals surface area contributed by atoms with Gasteiger partial charge in [-0.15, -0.1) is 0 Å². The van der Waals surface area contributed by atoms with Gasteiger partial charge in [-0.2, -0.15) is 0 Å². The van der Waals surface area contributed by atoms with Crippen molar-refractivity contribution in [2.45, 2.75) is 104 Å². The van der Waals surface area contributed by atoms with E-state index in [0.29, 0.717) is 29.7 Å². The Kier molecular flexibility index (Phi) is 9.00. The summed E-state index contributed by atoms with van der Waals surface area (Å²) in [6.07, 6.45) is 17.9. The molecule has 45 heavy (non-hydrogen) atoms. The Morgan fingerprint density at radius 1 is 0.778 bits per heavy atom. The molecule has 0 fully saturated rings. The molecular weight excluding hydrogens is 550 g/mol. The molecule has 4 aromatic rings. The zero-order valence-corrected chi connectivity index (χ0v) is 27.9. The first-order valence-corrected chi connectivity index (χ1v) is 17.5. The molecule has 6 rings (SSSR count). The van der Waals surface area contributed by atoms with Crippen molar-refractivity contribution in [2.24, 2.45) is 11.8 Å². The Balaban J connectivity index is 1.40. The molecule has 1 aromatic heterocycles. The van der Waals surface area contributed by atoms with Crippen LogP contribution in [0.4, 0.5) is 0 Å². The van der Waals surface area contributed by atoms with Crippen molar-refractivity contribution < 1.29 is 9.59 Å². The number of nitrogens with zero attached hydrogens (tertiary/aromatic N) is 1. The van der Waals surface area contributed by atoms with Gasteiger partial charge in [-0.25, -0.2) is 0 Å². The number of fused-ring (bicyclic) bond motifs is 6. The summed E-state index contributed by atoms with van der Waals surface area (Å²) < 4.78 is 2.28. The lowest BCUT2D eigenvalue weighted by atomic mass is 9.66. The number of Topliss-reactive ketones (excluding diaryl/α,β-unsaturated/α-hetero) is 1. The van der Waals surface area contributed by atoms with Gasteiger partial charge in [0.15, 0.2) is 11.6 Å². The zero-order valence-electron chi connectivity index (χ0n) is 27.9. The minimum absolute atomic E-state index is 0.0627. The standard InChI is InChI=1S/C42H49NO2/c1-6-9-23-42(24-10-7-2)36-14-12-11-13-32(36)33-26-30(16-19-37(33)42)41(45)31-18-21-39-35(27-31)34-25-29(40(44)22-15-28(4)5)17-20-38(34)43(39)8-3/h11-14,16-21,25-28,32,36H,6-10,15,22-24H2,1-5H3. The van der Waals surface area contributed by atoms with Crippen molar-refractivity contribution >= 4 is 33.4 Å². The van der Waals surface area contributed by atoms with Gasteiger partial charge in [0, 0.05) is 62.8 Å². The predicted molar refractivity (Wildman–Crippen MR) is 189 cm³/mol. The van der Waals surface area contributed by atoms with Crippen LogP contribution in [0.15, 0.2) is 78.9 Å². The maximum absolute atomic E-state index is 14.2. The second-order valence-electron chi connectivity index (χ2n) is 13.9. The van der Waals surface area contributed by atoms with Crippen LogP contribution in [-0.4, -0.2) is 16.1 Å². The molecule has 0 bridgehead atoms. The van der Waals surface area contributed by atoms with E-state index in [0.717, 1.165) is 45.9 Å². The van der Waals surface area contributed by atoms with Gasteiger partial charge in [0.05, 0.1) is 0 Å². The summed E-state index contributed by atoms with van der Waals surface area (Å²) in [5.74, 6) is 1.52. The first-order valence-electron chi connectivity index (χ1n) is 17.5. The molecule has 2 atom stereocenters. The van der Waals surface area contributed by atoms with E-state index in [1.54, 1.807) is 0 Å². The third kappa shape index (κ3) is 5.53. The topological polar surface area (TPSA) is 39.1 Å². The number of rotatable bonds is 13. The van der Waals surface area contributed by atoms with Crippen LogP contribution in [0.25, 0.3) is 21.8 Å². The number of carbonyl (C=O) groups is 2. The average Bonchev–Trinajstić information content (AvgIpc) is 3.53. The molecule has 0 saturated heterocycles. The van der Waals surface area contributed by atoms with Gasteiger partial charge >= 0.3 is 0 Å². The molecule has 2 unspecified atom stereocenters. The summed E-state index contributed by atoms with van der Waals surface area (Å²) >= 11 is 0. The molecule has 0 radical (unpaired) electrons. The predicted octanol–water partition coefficient (Wildman–Crippen LogP) is 11.1. The Bertz CT molecular complexity index is 1790. The van der Waals surface area contributed by atoms with Crippen molar-refractivity contribution in [3.8, 4) is 0 Å². The maximum atomic E-state index is 14.2. The van der Waals surface area contributed by atoms with Gasteiger partial charge in [-0.3, -0.25) is 9.59 Å². The van der Waals surface area contributed by atoms with E-state index >= 15 is 0 Å². The third-order valence-corrected chi connectivity index (χ3v) is 10.6. The molecule has 2 aliphatic carbocycles. The molecule has 234 valence electrons. The van der Waals surface area contributed by atoms with Crippen LogP contribution in [-0.2, 0) is 12.0 Å². The van der Waals surface area contributed by atoms with Crippen molar-refractivity contribution in [3.05, 3.63) is 107 Å².